The molecule has 0 radical (unpaired) electrons. The van der Waals surface area contributed by atoms with Crippen molar-refractivity contribution in [1.29, 1.82) is 0 Å². The number of ether oxygens (including phenoxy) is 1. The van der Waals surface area contributed by atoms with Gasteiger partial charge in [-0.25, -0.2) is 0 Å². The molecular formula is C25H34N2O3. The normalized spacial score (nSPS) is 27.6. The average molecular weight is 411 g/mol. The number of piperidine rings is 1. The number of cyclic esters (lactones) is 1. The van der Waals surface area contributed by atoms with Crippen LogP contribution in [0.5, 0.6) is 0 Å². The van der Waals surface area contributed by atoms with Crippen molar-refractivity contribution in [3.05, 3.63) is 29.6 Å². The molecule has 1 amide bonds. The fourth-order valence-electron chi connectivity index (χ4n) is 6.22. The zero-order chi connectivity index (χ0) is 21.1. The van der Waals surface area contributed by atoms with E-state index in [2.05, 4.69) is 43.9 Å². The van der Waals surface area contributed by atoms with E-state index in [9.17, 15) is 9.59 Å². The van der Waals surface area contributed by atoms with E-state index in [1.807, 2.05) is 0 Å². The number of hydrogen-bond acceptors (Lipinski definition) is 4. The maximum absolute atomic E-state index is 12.9. The number of pyridine rings is 1. The molecule has 0 N–H and O–H groups in total. The van der Waals surface area contributed by atoms with Crippen molar-refractivity contribution >= 4 is 11.9 Å². The second kappa shape index (κ2) is 6.80. The molecule has 2 saturated carbocycles. The molecule has 4 aliphatic rings. The Bertz CT molecular complexity index is 849. The molecule has 2 aliphatic heterocycles. The number of rotatable bonds is 2. The zero-order valence-corrected chi connectivity index (χ0v) is 18.6. The molecule has 0 unspecified atom stereocenters. The van der Waals surface area contributed by atoms with Crippen molar-refractivity contribution in [1.82, 2.24) is 9.88 Å². The molecular weight excluding hydrogens is 376 g/mol. The van der Waals surface area contributed by atoms with Crippen LogP contribution in [0, 0.1) is 16.7 Å². The fourth-order valence-corrected chi connectivity index (χ4v) is 6.22. The van der Waals surface area contributed by atoms with Gasteiger partial charge in [-0.15, -0.1) is 0 Å². The first-order valence-electron chi connectivity index (χ1n) is 11.6. The molecule has 1 aromatic rings. The van der Waals surface area contributed by atoms with Crippen molar-refractivity contribution in [2.24, 2.45) is 16.7 Å². The summed E-state index contributed by atoms with van der Waals surface area (Å²) < 4.78 is 5.14. The first-order valence-corrected chi connectivity index (χ1v) is 11.6. The number of likely N-dealkylation sites (tertiary alicyclic amines) is 1. The van der Waals surface area contributed by atoms with Crippen LogP contribution < -0.4 is 0 Å². The van der Waals surface area contributed by atoms with Gasteiger partial charge >= 0.3 is 5.97 Å². The van der Waals surface area contributed by atoms with Crippen LogP contribution in [0.15, 0.2) is 18.2 Å². The summed E-state index contributed by atoms with van der Waals surface area (Å²) in [5, 5.41) is 0. The van der Waals surface area contributed by atoms with E-state index in [1.54, 1.807) is 0 Å². The third-order valence-electron chi connectivity index (χ3n) is 8.22. The molecule has 2 spiro atoms. The Kier molecular flexibility index (Phi) is 4.53. The first-order chi connectivity index (χ1) is 14.2. The highest BCUT2D eigenvalue weighted by molar-refractivity contribution is 5.81. The number of esters is 1. The van der Waals surface area contributed by atoms with E-state index in [0.717, 1.165) is 38.8 Å². The van der Waals surface area contributed by atoms with E-state index < -0.39 is 0 Å². The van der Waals surface area contributed by atoms with Gasteiger partial charge in [-0.1, -0.05) is 26.8 Å². The Morgan fingerprint density at radius 3 is 2.40 bits per heavy atom. The van der Waals surface area contributed by atoms with Gasteiger partial charge < -0.3 is 9.64 Å². The Morgan fingerprint density at radius 1 is 1.10 bits per heavy atom. The van der Waals surface area contributed by atoms with Gasteiger partial charge in [-0.3, -0.25) is 14.6 Å². The van der Waals surface area contributed by atoms with Gasteiger partial charge in [0.1, 0.15) is 0 Å². The van der Waals surface area contributed by atoms with Crippen LogP contribution in [-0.2, 0) is 19.7 Å². The molecule has 5 nitrogen and oxygen atoms in total. The van der Waals surface area contributed by atoms with Gasteiger partial charge in [0.25, 0.3) is 0 Å². The maximum Gasteiger partial charge on any atom is 0.306 e. The molecule has 3 heterocycles. The third-order valence-corrected chi connectivity index (χ3v) is 8.22. The van der Waals surface area contributed by atoms with E-state index in [-0.39, 0.29) is 22.7 Å². The summed E-state index contributed by atoms with van der Waals surface area (Å²) in [6, 6.07) is 6.49. The van der Waals surface area contributed by atoms with E-state index >= 15 is 0 Å². The standard InChI is InChI=1S/C25H34N2O3/c1-23(2,3)20-6-4-5-19(26-20)17-11-24(12-17)7-9-27(10-8-24)22(29)18-13-25(14-18)15-21(28)30-16-25/h4-6,17-18H,7-16H2,1-3H3. The van der Waals surface area contributed by atoms with E-state index in [0.29, 0.717) is 30.3 Å². The van der Waals surface area contributed by atoms with Crippen LogP contribution in [0.1, 0.15) is 83.0 Å². The highest BCUT2D eigenvalue weighted by Gasteiger charge is 2.54. The summed E-state index contributed by atoms with van der Waals surface area (Å²) >= 11 is 0. The molecule has 5 rings (SSSR count). The smallest absolute Gasteiger partial charge is 0.306 e. The quantitative estimate of drug-likeness (QED) is 0.686. The van der Waals surface area contributed by atoms with Crippen LogP contribution in [-0.4, -0.2) is 41.5 Å². The van der Waals surface area contributed by atoms with E-state index in [1.165, 1.54) is 24.2 Å². The summed E-state index contributed by atoms with van der Waals surface area (Å²) in [7, 11) is 0. The number of carbonyl (C=O) groups excluding carboxylic acids is 2. The third kappa shape index (κ3) is 3.44. The van der Waals surface area contributed by atoms with Crippen LogP contribution in [0.3, 0.4) is 0 Å². The molecule has 0 atom stereocenters. The number of nitrogens with zero attached hydrogens (tertiary/aromatic N) is 2. The SMILES string of the molecule is CC(C)(C)c1cccc(C2CC3(CCN(C(=O)C4CC5(COC(=O)C5)C4)CC3)C2)n1. The first kappa shape index (κ1) is 20.0. The highest BCUT2D eigenvalue weighted by Crippen LogP contribution is 2.57. The minimum Gasteiger partial charge on any atom is -0.465 e. The summed E-state index contributed by atoms with van der Waals surface area (Å²) in [6.07, 6.45) is 6.82. The van der Waals surface area contributed by atoms with Crippen LogP contribution in [0.25, 0.3) is 0 Å². The molecule has 162 valence electrons. The van der Waals surface area contributed by atoms with Gasteiger partial charge in [0.15, 0.2) is 0 Å². The average Bonchev–Trinajstić information content (AvgIpc) is 3.06. The Balaban J connectivity index is 1.12. The molecule has 4 fully saturated rings. The largest absolute Gasteiger partial charge is 0.465 e. The zero-order valence-electron chi connectivity index (χ0n) is 18.6. The Labute approximate surface area is 179 Å². The van der Waals surface area contributed by atoms with Crippen molar-refractivity contribution in [3.63, 3.8) is 0 Å². The number of hydrogen-bond donors (Lipinski definition) is 0. The minimum atomic E-state index is -0.0946. The van der Waals surface area contributed by atoms with Crippen molar-refractivity contribution in [3.8, 4) is 0 Å². The predicted molar refractivity (Wildman–Crippen MR) is 114 cm³/mol. The molecule has 2 aliphatic carbocycles. The topological polar surface area (TPSA) is 59.5 Å². The van der Waals surface area contributed by atoms with Gasteiger partial charge in [-0.2, -0.15) is 0 Å². The van der Waals surface area contributed by atoms with Gasteiger partial charge in [0.2, 0.25) is 5.91 Å². The van der Waals surface area contributed by atoms with Gasteiger partial charge in [-0.05, 0) is 56.1 Å². The minimum absolute atomic E-state index is 0.0236. The molecule has 1 aromatic heterocycles. The summed E-state index contributed by atoms with van der Waals surface area (Å²) in [5.74, 6) is 0.890. The molecule has 0 aromatic carbocycles. The Hall–Kier alpha value is -1.91. The molecule has 2 saturated heterocycles. The lowest BCUT2D eigenvalue weighted by atomic mass is 9.56. The second-order valence-electron chi connectivity index (χ2n) is 11.6. The molecule has 0 bridgehead atoms. The summed E-state index contributed by atoms with van der Waals surface area (Å²) in [5.41, 5.74) is 2.90. The maximum atomic E-state index is 12.9. The monoisotopic (exact) mass is 410 g/mol. The Morgan fingerprint density at radius 2 is 1.80 bits per heavy atom. The van der Waals surface area contributed by atoms with Gasteiger partial charge in [0, 0.05) is 47.1 Å². The number of carbonyl (C=O) groups is 2. The van der Waals surface area contributed by atoms with Gasteiger partial charge in [0.05, 0.1) is 13.0 Å². The van der Waals surface area contributed by atoms with Crippen LogP contribution >= 0.6 is 0 Å². The van der Waals surface area contributed by atoms with E-state index in [4.69, 9.17) is 9.72 Å². The second-order valence-corrected chi connectivity index (χ2v) is 11.6. The number of amides is 1. The molecule has 5 heteroatoms. The van der Waals surface area contributed by atoms with Crippen molar-refractivity contribution in [2.45, 2.75) is 77.0 Å². The lowest BCUT2D eigenvalue weighted by Crippen LogP contribution is -2.52. The lowest BCUT2D eigenvalue weighted by molar-refractivity contribution is -0.147. The lowest BCUT2D eigenvalue weighted by Gasteiger charge is -2.53. The van der Waals surface area contributed by atoms with Crippen LogP contribution in [0.2, 0.25) is 0 Å². The fraction of sp³-hybridized carbons (Fsp3) is 0.720. The van der Waals surface area contributed by atoms with Crippen molar-refractivity contribution < 1.29 is 14.3 Å². The van der Waals surface area contributed by atoms with Crippen molar-refractivity contribution in [2.75, 3.05) is 19.7 Å². The number of aromatic nitrogens is 1. The predicted octanol–water partition coefficient (Wildman–Crippen LogP) is 4.21. The van der Waals surface area contributed by atoms with Crippen LogP contribution in [0.4, 0.5) is 0 Å². The highest BCUT2D eigenvalue weighted by atomic mass is 16.5. The summed E-state index contributed by atoms with van der Waals surface area (Å²) in [6.45, 7) is 8.95. The molecule has 30 heavy (non-hydrogen) atoms. The summed E-state index contributed by atoms with van der Waals surface area (Å²) in [4.78, 5) is 31.4.